The van der Waals surface area contributed by atoms with E-state index in [1.807, 2.05) is 66.7 Å². The lowest BCUT2D eigenvalue weighted by molar-refractivity contribution is -0.116. The van der Waals surface area contributed by atoms with Crippen molar-refractivity contribution in [2.24, 2.45) is 0 Å². The Morgan fingerprint density at radius 1 is 0.727 bits per heavy atom. The number of nitrogens with one attached hydrogen (secondary N) is 2. The van der Waals surface area contributed by atoms with Gasteiger partial charge < -0.3 is 10.6 Å². The molecule has 6 rings (SSSR count). The average molecular weight is 428 g/mol. The summed E-state index contributed by atoms with van der Waals surface area (Å²) in [6, 6.07) is 36.5. The van der Waals surface area contributed by atoms with Crippen LogP contribution in [0.15, 0.2) is 109 Å². The largest absolute Gasteiger partial charge is 0.355 e. The van der Waals surface area contributed by atoms with E-state index < -0.39 is 5.92 Å². The fourth-order valence-corrected chi connectivity index (χ4v) is 4.48. The zero-order valence-electron chi connectivity index (χ0n) is 17.8. The molecular formula is C29H21N3O. The van der Waals surface area contributed by atoms with Crippen molar-refractivity contribution in [3.63, 3.8) is 0 Å². The molecule has 33 heavy (non-hydrogen) atoms. The Balaban J connectivity index is 1.40. The Hall–Kier alpha value is -4.44. The number of hydrogen-bond donors (Lipinski definition) is 2. The molecule has 0 spiro atoms. The maximum absolute atomic E-state index is 12.8. The zero-order chi connectivity index (χ0) is 22.2. The number of amides is 1. The van der Waals surface area contributed by atoms with Crippen LogP contribution in [0.2, 0.25) is 0 Å². The summed E-state index contributed by atoms with van der Waals surface area (Å²) >= 11 is 0. The summed E-state index contributed by atoms with van der Waals surface area (Å²) in [5.74, 6) is -0.469. The summed E-state index contributed by atoms with van der Waals surface area (Å²) in [5, 5.41) is 7.56. The van der Waals surface area contributed by atoms with Crippen molar-refractivity contribution < 1.29 is 4.79 Å². The van der Waals surface area contributed by atoms with Crippen molar-refractivity contribution >= 4 is 33.9 Å². The van der Waals surface area contributed by atoms with Crippen LogP contribution in [0.1, 0.15) is 17.2 Å². The number of nitrogens with zero attached hydrogens (tertiary/aromatic N) is 1. The van der Waals surface area contributed by atoms with Gasteiger partial charge in [-0.25, -0.2) is 0 Å². The van der Waals surface area contributed by atoms with Gasteiger partial charge in [-0.05, 0) is 47.0 Å². The number of carbonyl (C=O) groups is 1. The van der Waals surface area contributed by atoms with Gasteiger partial charge in [-0.1, -0.05) is 78.9 Å². The fraction of sp³-hybridized carbons (Fsp3) is 0.0345. The molecule has 1 unspecified atom stereocenters. The van der Waals surface area contributed by atoms with Crippen molar-refractivity contribution in [3.05, 3.63) is 120 Å². The van der Waals surface area contributed by atoms with Crippen molar-refractivity contribution in [2.45, 2.75) is 5.92 Å². The first-order valence-electron chi connectivity index (χ1n) is 11.0. The monoisotopic (exact) mass is 427 g/mol. The minimum Gasteiger partial charge on any atom is -0.355 e. The van der Waals surface area contributed by atoms with Gasteiger partial charge in [-0.3, -0.25) is 9.78 Å². The van der Waals surface area contributed by atoms with Crippen molar-refractivity contribution in [3.8, 4) is 11.1 Å². The van der Waals surface area contributed by atoms with E-state index in [1.54, 1.807) is 0 Å². The molecule has 2 N–H and O–H groups in total. The van der Waals surface area contributed by atoms with Crippen LogP contribution in [0.4, 0.5) is 17.1 Å². The van der Waals surface area contributed by atoms with E-state index in [-0.39, 0.29) is 5.91 Å². The van der Waals surface area contributed by atoms with E-state index in [0.717, 1.165) is 39.2 Å². The summed E-state index contributed by atoms with van der Waals surface area (Å²) in [7, 11) is 0. The van der Waals surface area contributed by atoms with E-state index in [0.29, 0.717) is 0 Å². The minimum atomic E-state index is -0.424. The van der Waals surface area contributed by atoms with Crippen LogP contribution < -0.4 is 10.6 Å². The predicted molar refractivity (Wildman–Crippen MR) is 134 cm³/mol. The van der Waals surface area contributed by atoms with Gasteiger partial charge in [0.2, 0.25) is 5.91 Å². The number of pyridine rings is 1. The zero-order valence-corrected chi connectivity index (χ0v) is 17.8. The number of carbonyl (C=O) groups excluding carboxylic acids is 1. The van der Waals surface area contributed by atoms with E-state index in [9.17, 15) is 4.79 Å². The molecule has 4 aromatic carbocycles. The van der Waals surface area contributed by atoms with Crippen molar-refractivity contribution in [2.75, 3.05) is 10.6 Å². The van der Waals surface area contributed by atoms with Gasteiger partial charge >= 0.3 is 0 Å². The minimum absolute atomic E-state index is 0.0443. The molecule has 1 atom stereocenters. The topological polar surface area (TPSA) is 54.0 Å². The standard InChI is InChI=1S/C29H21N3O/c33-29-28(23-11-5-7-13-25(23)32-29)27-18-26(22-10-4-6-12-24(22)31-27)30-21-16-14-20(15-17-21)19-8-2-1-3-9-19/h1-18,28H,(H,30,31)(H,32,33). The fourth-order valence-electron chi connectivity index (χ4n) is 4.48. The van der Waals surface area contributed by atoms with Crippen LogP contribution in [-0.4, -0.2) is 10.9 Å². The van der Waals surface area contributed by atoms with Gasteiger partial charge in [-0.15, -0.1) is 0 Å². The summed E-state index contributed by atoms with van der Waals surface area (Å²) in [5.41, 5.74) is 7.67. The molecule has 0 saturated heterocycles. The maximum atomic E-state index is 12.8. The van der Waals surface area contributed by atoms with E-state index >= 15 is 0 Å². The summed E-state index contributed by atoms with van der Waals surface area (Å²) in [6.45, 7) is 0. The second kappa shape index (κ2) is 7.92. The van der Waals surface area contributed by atoms with Gasteiger partial charge in [0.15, 0.2) is 0 Å². The molecule has 0 saturated carbocycles. The first-order valence-corrected chi connectivity index (χ1v) is 11.0. The third-order valence-electron chi connectivity index (χ3n) is 6.09. The van der Waals surface area contributed by atoms with E-state index in [2.05, 4.69) is 53.1 Å². The van der Waals surface area contributed by atoms with Gasteiger partial charge in [0.05, 0.1) is 11.2 Å². The number of hydrogen-bond acceptors (Lipinski definition) is 3. The number of anilines is 3. The maximum Gasteiger partial charge on any atom is 0.238 e. The molecule has 1 aliphatic heterocycles. The first kappa shape index (κ1) is 19.3. The smallest absolute Gasteiger partial charge is 0.238 e. The molecule has 1 aliphatic rings. The van der Waals surface area contributed by atoms with Crippen LogP contribution in [0.3, 0.4) is 0 Å². The van der Waals surface area contributed by atoms with Crippen LogP contribution >= 0.6 is 0 Å². The summed E-state index contributed by atoms with van der Waals surface area (Å²) in [6.07, 6.45) is 0. The third kappa shape index (κ3) is 3.52. The highest BCUT2D eigenvalue weighted by Gasteiger charge is 2.33. The van der Waals surface area contributed by atoms with Crippen molar-refractivity contribution in [1.29, 1.82) is 0 Å². The van der Waals surface area contributed by atoms with Crippen molar-refractivity contribution in [1.82, 2.24) is 4.98 Å². The van der Waals surface area contributed by atoms with Gasteiger partial charge in [0.25, 0.3) is 0 Å². The molecule has 1 amide bonds. The highest BCUT2D eigenvalue weighted by atomic mass is 16.2. The number of fused-ring (bicyclic) bond motifs is 2. The van der Waals surface area contributed by atoms with Crippen LogP contribution in [0.5, 0.6) is 0 Å². The second-order valence-corrected chi connectivity index (χ2v) is 8.19. The SMILES string of the molecule is O=C1Nc2ccccc2C1c1cc(Nc2ccc(-c3ccccc3)cc2)c2ccccc2n1. The lowest BCUT2D eigenvalue weighted by Crippen LogP contribution is -2.14. The molecule has 0 aliphatic carbocycles. The Kier molecular flexibility index (Phi) is 4.62. The quantitative estimate of drug-likeness (QED) is 0.334. The number of aromatic nitrogens is 1. The molecule has 158 valence electrons. The predicted octanol–water partition coefficient (Wildman–Crippen LogP) is 6.73. The molecule has 2 heterocycles. The Bertz CT molecular complexity index is 1480. The summed E-state index contributed by atoms with van der Waals surface area (Å²) in [4.78, 5) is 17.7. The molecule has 1 aromatic heterocycles. The molecular weight excluding hydrogens is 406 g/mol. The van der Waals surface area contributed by atoms with Crippen LogP contribution in [0, 0.1) is 0 Å². The van der Waals surface area contributed by atoms with E-state index in [1.165, 1.54) is 11.1 Å². The van der Waals surface area contributed by atoms with Crippen LogP contribution in [-0.2, 0) is 4.79 Å². The first-order chi connectivity index (χ1) is 16.3. The Morgan fingerprint density at radius 3 is 2.27 bits per heavy atom. The molecule has 4 heteroatoms. The third-order valence-corrected chi connectivity index (χ3v) is 6.09. The van der Waals surface area contributed by atoms with E-state index in [4.69, 9.17) is 4.98 Å². The molecule has 0 bridgehead atoms. The molecule has 0 fully saturated rings. The molecule has 5 aromatic rings. The highest BCUT2D eigenvalue weighted by molar-refractivity contribution is 6.05. The Morgan fingerprint density at radius 2 is 1.42 bits per heavy atom. The van der Waals surface area contributed by atoms with Gasteiger partial charge in [-0.2, -0.15) is 0 Å². The second-order valence-electron chi connectivity index (χ2n) is 8.19. The van der Waals surface area contributed by atoms with Crippen LogP contribution in [0.25, 0.3) is 22.0 Å². The lowest BCUT2D eigenvalue weighted by atomic mass is 9.95. The number of benzene rings is 4. The molecule has 4 nitrogen and oxygen atoms in total. The summed E-state index contributed by atoms with van der Waals surface area (Å²) < 4.78 is 0. The number of para-hydroxylation sites is 2. The Labute approximate surface area is 191 Å². The van der Waals surface area contributed by atoms with Gasteiger partial charge in [0, 0.05) is 22.4 Å². The molecule has 0 radical (unpaired) electrons. The highest BCUT2D eigenvalue weighted by Crippen LogP contribution is 2.38. The van der Waals surface area contributed by atoms with Gasteiger partial charge in [0.1, 0.15) is 5.92 Å². The average Bonchev–Trinajstić information content (AvgIpc) is 3.20. The lowest BCUT2D eigenvalue weighted by Gasteiger charge is -2.15. The normalized spacial score (nSPS) is 14.7. The number of rotatable bonds is 4.